The van der Waals surface area contributed by atoms with Gasteiger partial charge in [-0.15, -0.1) is 11.8 Å². The van der Waals surface area contributed by atoms with E-state index in [1.54, 1.807) is 0 Å². The van der Waals surface area contributed by atoms with Gasteiger partial charge in [-0.1, -0.05) is 26.8 Å². The van der Waals surface area contributed by atoms with Crippen LogP contribution in [0.15, 0.2) is 23.1 Å². The third kappa shape index (κ3) is 5.60. The van der Waals surface area contributed by atoms with Gasteiger partial charge in [0.2, 0.25) is 0 Å². The number of hydrogen-bond acceptors (Lipinski definition) is 2. The van der Waals surface area contributed by atoms with E-state index in [0.717, 1.165) is 6.54 Å². The molecule has 0 amide bonds. The molecule has 1 unspecified atom stereocenters. The Morgan fingerprint density at radius 1 is 1.12 bits per heavy atom. The standard InChI is InChI=1S/C15H25NS/c1-11(2)16-9-12(3)10-17-15-7-6-13(4)14(5)8-15/h6-8,11-12,16H,9-10H2,1-5H3. The first-order valence-corrected chi connectivity index (χ1v) is 7.41. The molecular formula is C15H25NS. The summed E-state index contributed by atoms with van der Waals surface area (Å²) < 4.78 is 0. The van der Waals surface area contributed by atoms with Crippen LogP contribution >= 0.6 is 11.8 Å². The van der Waals surface area contributed by atoms with Gasteiger partial charge < -0.3 is 5.32 Å². The zero-order valence-corrected chi connectivity index (χ0v) is 12.5. The number of benzene rings is 1. The van der Waals surface area contributed by atoms with Gasteiger partial charge in [-0.2, -0.15) is 0 Å². The van der Waals surface area contributed by atoms with Crippen molar-refractivity contribution in [2.75, 3.05) is 12.3 Å². The fourth-order valence-electron chi connectivity index (χ4n) is 1.54. The monoisotopic (exact) mass is 251 g/mol. The molecule has 0 aliphatic heterocycles. The zero-order valence-electron chi connectivity index (χ0n) is 11.7. The first-order chi connectivity index (χ1) is 7.99. The lowest BCUT2D eigenvalue weighted by Gasteiger charge is -2.14. The second kappa shape index (κ2) is 7.07. The molecule has 1 nitrogen and oxygen atoms in total. The van der Waals surface area contributed by atoms with Gasteiger partial charge in [-0.25, -0.2) is 0 Å². The van der Waals surface area contributed by atoms with E-state index in [1.165, 1.54) is 21.8 Å². The van der Waals surface area contributed by atoms with E-state index in [4.69, 9.17) is 0 Å². The number of hydrogen-bond donors (Lipinski definition) is 1. The summed E-state index contributed by atoms with van der Waals surface area (Å²) in [7, 11) is 0. The third-order valence-corrected chi connectivity index (χ3v) is 4.21. The van der Waals surface area contributed by atoms with Crippen LogP contribution in [0.3, 0.4) is 0 Å². The van der Waals surface area contributed by atoms with Gasteiger partial charge in [-0.05, 0) is 49.6 Å². The average molecular weight is 251 g/mol. The largest absolute Gasteiger partial charge is 0.314 e. The summed E-state index contributed by atoms with van der Waals surface area (Å²) >= 11 is 1.96. The summed E-state index contributed by atoms with van der Waals surface area (Å²) in [4.78, 5) is 1.39. The predicted octanol–water partition coefficient (Wildman–Crippen LogP) is 4.03. The molecule has 0 saturated carbocycles. The number of nitrogens with one attached hydrogen (secondary N) is 1. The van der Waals surface area contributed by atoms with Gasteiger partial charge in [0.1, 0.15) is 0 Å². The van der Waals surface area contributed by atoms with Crippen molar-refractivity contribution in [3.8, 4) is 0 Å². The van der Waals surface area contributed by atoms with Crippen molar-refractivity contribution in [2.45, 2.75) is 45.6 Å². The van der Waals surface area contributed by atoms with Gasteiger partial charge in [0.15, 0.2) is 0 Å². The van der Waals surface area contributed by atoms with E-state index in [2.05, 4.69) is 58.1 Å². The SMILES string of the molecule is Cc1ccc(SCC(C)CNC(C)C)cc1C. The Balaban J connectivity index is 2.36. The lowest BCUT2D eigenvalue weighted by molar-refractivity contribution is 0.510. The van der Waals surface area contributed by atoms with Crippen LogP contribution in [0, 0.1) is 19.8 Å². The second-order valence-electron chi connectivity index (χ2n) is 5.23. The van der Waals surface area contributed by atoms with E-state index in [-0.39, 0.29) is 0 Å². The third-order valence-electron chi connectivity index (χ3n) is 2.89. The average Bonchev–Trinajstić information content (AvgIpc) is 2.28. The minimum atomic E-state index is 0.587. The predicted molar refractivity (Wildman–Crippen MR) is 78.9 cm³/mol. The molecule has 1 aromatic rings. The Morgan fingerprint density at radius 2 is 1.82 bits per heavy atom. The van der Waals surface area contributed by atoms with E-state index >= 15 is 0 Å². The molecule has 0 spiro atoms. The Kier molecular flexibility index (Phi) is 6.07. The molecule has 0 heterocycles. The molecule has 96 valence electrons. The summed E-state index contributed by atoms with van der Waals surface area (Å²) in [5.74, 6) is 1.89. The summed E-state index contributed by atoms with van der Waals surface area (Å²) in [6.45, 7) is 12.2. The van der Waals surface area contributed by atoms with Gasteiger partial charge in [0, 0.05) is 16.7 Å². The molecule has 0 aliphatic carbocycles. The summed E-state index contributed by atoms with van der Waals surface area (Å²) in [6, 6.07) is 7.33. The zero-order chi connectivity index (χ0) is 12.8. The molecule has 0 bridgehead atoms. The topological polar surface area (TPSA) is 12.0 Å². The van der Waals surface area contributed by atoms with Gasteiger partial charge in [0.05, 0.1) is 0 Å². The normalized spacial score (nSPS) is 13.1. The molecule has 2 heteroatoms. The molecule has 0 radical (unpaired) electrons. The molecule has 0 fully saturated rings. The Hall–Kier alpha value is -0.470. The van der Waals surface area contributed by atoms with Crippen LogP contribution in [0.1, 0.15) is 31.9 Å². The molecule has 1 N–H and O–H groups in total. The van der Waals surface area contributed by atoms with Crippen LogP contribution < -0.4 is 5.32 Å². The maximum atomic E-state index is 3.49. The highest BCUT2D eigenvalue weighted by molar-refractivity contribution is 7.99. The fourth-order valence-corrected chi connectivity index (χ4v) is 2.56. The first-order valence-electron chi connectivity index (χ1n) is 6.42. The van der Waals surface area contributed by atoms with E-state index in [0.29, 0.717) is 12.0 Å². The van der Waals surface area contributed by atoms with Crippen LogP contribution in [0.5, 0.6) is 0 Å². The van der Waals surface area contributed by atoms with Crippen LogP contribution in [-0.4, -0.2) is 18.3 Å². The molecule has 0 saturated heterocycles. The van der Waals surface area contributed by atoms with Crippen molar-refractivity contribution < 1.29 is 0 Å². The highest BCUT2D eigenvalue weighted by atomic mass is 32.2. The van der Waals surface area contributed by atoms with Crippen molar-refractivity contribution in [3.05, 3.63) is 29.3 Å². The number of rotatable bonds is 6. The minimum absolute atomic E-state index is 0.587. The summed E-state index contributed by atoms with van der Waals surface area (Å²) in [5, 5.41) is 3.49. The van der Waals surface area contributed by atoms with Gasteiger partial charge in [-0.3, -0.25) is 0 Å². The van der Waals surface area contributed by atoms with Crippen molar-refractivity contribution in [2.24, 2.45) is 5.92 Å². The maximum Gasteiger partial charge on any atom is 0.00748 e. The van der Waals surface area contributed by atoms with Crippen LogP contribution in [0.4, 0.5) is 0 Å². The smallest absolute Gasteiger partial charge is 0.00748 e. The fraction of sp³-hybridized carbons (Fsp3) is 0.600. The van der Waals surface area contributed by atoms with Crippen LogP contribution in [0.2, 0.25) is 0 Å². The molecule has 0 aromatic heterocycles. The molecule has 0 aliphatic rings. The maximum absolute atomic E-state index is 3.49. The number of thioether (sulfide) groups is 1. The Bertz CT molecular complexity index is 347. The molecule has 1 atom stereocenters. The van der Waals surface area contributed by atoms with Crippen molar-refractivity contribution in [1.29, 1.82) is 0 Å². The summed E-state index contributed by atoms with van der Waals surface area (Å²) in [6.07, 6.45) is 0. The minimum Gasteiger partial charge on any atom is -0.314 e. The lowest BCUT2D eigenvalue weighted by Crippen LogP contribution is -2.28. The molecule has 1 aromatic carbocycles. The number of aryl methyl sites for hydroxylation is 2. The van der Waals surface area contributed by atoms with E-state index in [9.17, 15) is 0 Å². The van der Waals surface area contributed by atoms with Gasteiger partial charge in [0.25, 0.3) is 0 Å². The van der Waals surface area contributed by atoms with Crippen molar-refractivity contribution in [3.63, 3.8) is 0 Å². The van der Waals surface area contributed by atoms with Crippen LogP contribution in [-0.2, 0) is 0 Å². The lowest BCUT2D eigenvalue weighted by atomic mass is 10.1. The van der Waals surface area contributed by atoms with Crippen LogP contribution in [0.25, 0.3) is 0 Å². The first kappa shape index (κ1) is 14.6. The molecular weight excluding hydrogens is 226 g/mol. The van der Waals surface area contributed by atoms with Crippen molar-refractivity contribution >= 4 is 11.8 Å². The molecule has 17 heavy (non-hydrogen) atoms. The molecule has 1 rings (SSSR count). The van der Waals surface area contributed by atoms with E-state index in [1.807, 2.05) is 11.8 Å². The van der Waals surface area contributed by atoms with E-state index < -0.39 is 0 Å². The Labute approximate surface area is 110 Å². The Morgan fingerprint density at radius 3 is 2.41 bits per heavy atom. The highest BCUT2D eigenvalue weighted by Gasteiger charge is 2.04. The van der Waals surface area contributed by atoms with Gasteiger partial charge >= 0.3 is 0 Å². The summed E-state index contributed by atoms with van der Waals surface area (Å²) in [5.41, 5.74) is 2.77. The quantitative estimate of drug-likeness (QED) is 0.766. The highest BCUT2D eigenvalue weighted by Crippen LogP contribution is 2.23. The second-order valence-corrected chi connectivity index (χ2v) is 6.32. The van der Waals surface area contributed by atoms with Crippen molar-refractivity contribution in [1.82, 2.24) is 5.32 Å².